The summed E-state index contributed by atoms with van der Waals surface area (Å²) in [4.78, 5) is 18.7. The number of nitrogens with zero attached hydrogens (tertiary/aromatic N) is 5. The van der Waals surface area contributed by atoms with Gasteiger partial charge in [-0.25, -0.2) is 0 Å². The first-order valence-corrected chi connectivity index (χ1v) is 15.5. The van der Waals surface area contributed by atoms with Gasteiger partial charge in [0.1, 0.15) is 0 Å². The Morgan fingerprint density at radius 3 is 2.58 bits per heavy atom. The zero-order chi connectivity index (χ0) is 27.0. The van der Waals surface area contributed by atoms with Gasteiger partial charge in [-0.2, -0.15) is 0 Å². The summed E-state index contributed by atoms with van der Waals surface area (Å²) in [6.07, 6.45) is -1.42. The van der Waals surface area contributed by atoms with E-state index in [9.17, 15) is 23.1 Å². The fourth-order valence-electron chi connectivity index (χ4n) is 3.15. The average Bonchev–Trinajstić information content (AvgIpc) is 3.24. The Bertz CT molecular complexity index is 1150. The van der Waals surface area contributed by atoms with Crippen molar-refractivity contribution in [2.45, 2.75) is 37.7 Å². The fourth-order valence-corrected chi connectivity index (χ4v) is 7.58. The van der Waals surface area contributed by atoms with Crippen molar-refractivity contribution in [1.29, 1.82) is 0 Å². The van der Waals surface area contributed by atoms with E-state index in [1.807, 2.05) is 0 Å². The third-order valence-corrected chi connectivity index (χ3v) is 14.6. The zero-order valence-corrected chi connectivity index (χ0v) is 20.9. The molecule has 0 aliphatic carbocycles. The summed E-state index contributed by atoms with van der Waals surface area (Å²) in [5.74, 6) is -0.0177. The number of rotatable bonds is 15. The first-order valence-electron chi connectivity index (χ1n) is 9.75. The fraction of sp³-hybridized carbons (Fsp3) is 0.692. The van der Waals surface area contributed by atoms with Gasteiger partial charge in [-0.05, 0) is 0 Å². The van der Waals surface area contributed by atoms with E-state index in [1.54, 1.807) is 0 Å². The molecule has 1 aromatic heterocycles. The number of anilines is 1. The summed E-state index contributed by atoms with van der Waals surface area (Å²) in [5, 5.41) is 24.1. The molecule has 6 N–H and O–H groups in total. The third-order valence-electron chi connectivity index (χ3n) is 4.92. The summed E-state index contributed by atoms with van der Waals surface area (Å²) in [6, 6.07) is 0. The molecule has 1 aliphatic heterocycles. The molecule has 0 bridgehead atoms. The number of hydrogen-bond donors (Lipinski definition) is 4. The number of aromatic nitrogens is 2. The van der Waals surface area contributed by atoms with Crippen LogP contribution >= 0.6 is 21.4 Å². The first-order chi connectivity index (χ1) is 17.1. The second-order valence-corrected chi connectivity index (χ2v) is 17.1. The van der Waals surface area contributed by atoms with Gasteiger partial charge in [-0.15, -0.1) is 0 Å². The van der Waals surface area contributed by atoms with Crippen molar-refractivity contribution in [3.63, 3.8) is 0 Å². The molecule has 0 spiro atoms. The van der Waals surface area contributed by atoms with Crippen LogP contribution in [0.25, 0.3) is 10.4 Å². The van der Waals surface area contributed by atoms with E-state index in [0.29, 0.717) is 24.9 Å². The van der Waals surface area contributed by atoms with Gasteiger partial charge in [-0.1, -0.05) is 0 Å². The van der Waals surface area contributed by atoms with Crippen LogP contribution in [0, 0.1) is 0 Å². The molecule has 23 heteroatoms. The predicted octanol–water partition coefficient (Wildman–Crippen LogP) is 2.06. The maximum atomic E-state index is 12.5. The van der Waals surface area contributed by atoms with Crippen LogP contribution in [0.1, 0.15) is 24.6 Å². The average molecular weight is 577 g/mol. The normalized spacial score (nSPS) is 20.9. The number of nitrogens with two attached hydrogens (primary N) is 2. The second-order valence-electron chi connectivity index (χ2n) is 6.97. The van der Waals surface area contributed by atoms with Crippen molar-refractivity contribution in [3.8, 4) is 0 Å². The van der Waals surface area contributed by atoms with E-state index in [0.717, 1.165) is 4.57 Å². The molecule has 1 aliphatic rings. The van der Waals surface area contributed by atoms with E-state index in [2.05, 4.69) is 29.4 Å². The van der Waals surface area contributed by atoms with Crippen molar-refractivity contribution in [3.05, 3.63) is 32.7 Å². The third kappa shape index (κ3) is 6.04. The number of hydrogen-bond acceptors (Lipinski definition) is 17. The Morgan fingerprint density at radius 1 is 1.33 bits per heavy atom. The molecule has 1 saturated heterocycles. The van der Waals surface area contributed by atoms with E-state index in [1.165, 1.54) is 6.20 Å². The summed E-state index contributed by atoms with van der Waals surface area (Å²) in [5.41, 5.74) is 19.4. The molecule has 202 valence electrons. The quantitative estimate of drug-likeness (QED) is 0.0578. The molecular weight excluding hydrogens is 555 g/mol. The molecule has 0 radical (unpaired) electrons. The van der Waals surface area contributed by atoms with Crippen LogP contribution in [0.3, 0.4) is 0 Å². The van der Waals surface area contributed by atoms with E-state index in [4.69, 9.17) is 41.5 Å². The van der Waals surface area contributed by atoms with Gasteiger partial charge in [-0.3, -0.25) is 0 Å². The Labute approximate surface area is 201 Å². The number of azide groups is 1. The second kappa shape index (κ2) is 12.9. The number of aryl methyl sites for hydroxylation is 1. The standard InChI is InChI=1S/C13H22N7O13P3/c14-3-1-2-8-5-20(13(21)18-12(8)15)11-4-9(28-7-17-19-16)10(30-11)6-29-36(32-23,33-31-22,34(24)25)35(26)27/h5,9-11,22-23H,1-4,6-7,14H2,(H2,15,18,21). The summed E-state index contributed by atoms with van der Waals surface area (Å²) < 4.78 is 71.6. The van der Waals surface area contributed by atoms with E-state index in [-0.39, 0.29) is 12.2 Å². The molecule has 3 unspecified atom stereocenters. The van der Waals surface area contributed by atoms with Crippen LogP contribution < -0.4 is 17.2 Å². The SMILES string of the molecule is [N-]=[N+]=NCOC1CC(n2cc(CCCN)c(N)nc2=O)OC1COP(OO)(OOO)(P(=O)=O)P(=O)=O. The van der Waals surface area contributed by atoms with Crippen LogP contribution in [-0.4, -0.2) is 52.2 Å². The molecule has 1 aromatic rings. The summed E-state index contributed by atoms with van der Waals surface area (Å²) in [7, 11) is -8.84. The van der Waals surface area contributed by atoms with E-state index >= 15 is 0 Å². The van der Waals surface area contributed by atoms with Gasteiger partial charge < -0.3 is 0 Å². The molecule has 2 rings (SSSR count). The van der Waals surface area contributed by atoms with Crippen molar-refractivity contribution >= 4 is 27.2 Å². The zero-order valence-electron chi connectivity index (χ0n) is 18.2. The molecule has 36 heavy (non-hydrogen) atoms. The number of ether oxygens (including phenoxy) is 2. The molecule has 1 fully saturated rings. The Kier molecular flexibility index (Phi) is 10.8. The topological polar surface area (TPSA) is 300 Å². The Morgan fingerprint density at radius 2 is 2.03 bits per heavy atom. The van der Waals surface area contributed by atoms with Gasteiger partial charge in [0.05, 0.1) is 0 Å². The van der Waals surface area contributed by atoms with Crippen molar-refractivity contribution in [2.24, 2.45) is 10.8 Å². The van der Waals surface area contributed by atoms with Crippen LogP contribution in [0.2, 0.25) is 0 Å². The maximum absolute atomic E-state index is 12.5. The molecular formula is C13H22N7O13P3. The van der Waals surface area contributed by atoms with Crippen molar-refractivity contribution in [1.82, 2.24) is 9.55 Å². The van der Waals surface area contributed by atoms with Crippen LogP contribution in [-0.2, 0) is 53.1 Å². The minimum atomic E-state index is -6.59. The monoisotopic (exact) mass is 577 g/mol. The van der Waals surface area contributed by atoms with Crippen LogP contribution in [0.4, 0.5) is 5.82 Å². The van der Waals surface area contributed by atoms with Crippen LogP contribution in [0.15, 0.2) is 16.1 Å². The number of nitrogen functional groups attached to an aromatic ring is 1. The van der Waals surface area contributed by atoms with Crippen LogP contribution in [0.5, 0.6) is 0 Å². The van der Waals surface area contributed by atoms with Gasteiger partial charge in [0.2, 0.25) is 0 Å². The first kappa shape index (κ1) is 30.1. The van der Waals surface area contributed by atoms with Gasteiger partial charge in [0.15, 0.2) is 0 Å². The molecule has 2 heterocycles. The van der Waals surface area contributed by atoms with Gasteiger partial charge in [0, 0.05) is 0 Å². The van der Waals surface area contributed by atoms with Crippen molar-refractivity contribution in [2.75, 3.05) is 25.6 Å². The molecule has 0 aromatic carbocycles. The predicted molar refractivity (Wildman–Crippen MR) is 116 cm³/mol. The Hall–Kier alpha value is -2.14. The summed E-state index contributed by atoms with van der Waals surface area (Å²) >= 11 is 0. The van der Waals surface area contributed by atoms with Gasteiger partial charge in [0.25, 0.3) is 0 Å². The van der Waals surface area contributed by atoms with Crippen molar-refractivity contribution < 1.29 is 57.2 Å². The Balaban J connectivity index is 2.41. The molecule has 0 saturated carbocycles. The summed E-state index contributed by atoms with van der Waals surface area (Å²) in [6.45, 7) is -7.80. The molecule has 0 amide bonds. The van der Waals surface area contributed by atoms with Gasteiger partial charge >= 0.3 is 201 Å². The molecule has 3 atom stereocenters. The minimum absolute atomic E-state index is 0.0177. The molecule has 20 nitrogen and oxygen atoms in total. The van der Waals surface area contributed by atoms with E-state index < -0.39 is 58.9 Å².